The Morgan fingerprint density at radius 3 is 1.06 bits per heavy atom. The van der Waals surface area contributed by atoms with E-state index in [1.807, 2.05) is 0 Å². The van der Waals surface area contributed by atoms with Crippen molar-refractivity contribution in [3.05, 3.63) is 270 Å². The van der Waals surface area contributed by atoms with Crippen LogP contribution in [0.1, 0.15) is 138 Å². The summed E-state index contributed by atoms with van der Waals surface area (Å²) in [5, 5.41) is 7.47. The molecule has 1 heteroatoms. The van der Waals surface area contributed by atoms with Crippen molar-refractivity contribution in [2.45, 2.75) is 129 Å². The lowest BCUT2D eigenvalue weighted by molar-refractivity contribution is 0.414. The van der Waals surface area contributed by atoms with Crippen LogP contribution in [0.2, 0.25) is 0 Å². The summed E-state index contributed by atoms with van der Waals surface area (Å²) >= 11 is 0. The third-order valence-electron chi connectivity index (χ3n) is 20.1. The summed E-state index contributed by atoms with van der Waals surface area (Å²) in [5.41, 5.74) is 27.9. The molecular formula is C86H81N. The summed E-state index contributed by atoms with van der Waals surface area (Å²) in [7, 11) is 0. The highest BCUT2D eigenvalue weighted by Gasteiger charge is 2.44. The first-order valence-electron chi connectivity index (χ1n) is 32.8. The minimum atomic E-state index is -0.0408. The summed E-state index contributed by atoms with van der Waals surface area (Å²) in [6.45, 7) is 14.0. The van der Waals surface area contributed by atoms with E-state index in [2.05, 4.69) is 283 Å². The highest BCUT2D eigenvalue weighted by atomic mass is 15.1. The van der Waals surface area contributed by atoms with Crippen molar-refractivity contribution in [3.8, 4) is 66.8 Å². The molecule has 0 N–H and O–H groups in total. The largest absolute Gasteiger partial charge is 0.310 e. The van der Waals surface area contributed by atoms with E-state index < -0.39 is 0 Å². The first-order chi connectivity index (χ1) is 42.7. The van der Waals surface area contributed by atoms with Crippen LogP contribution < -0.4 is 4.90 Å². The molecule has 87 heavy (non-hydrogen) atoms. The second kappa shape index (κ2) is 23.5. The van der Waals surface area contributed by atoms with E-state index in [4.69, 9.17) is 0 Å². The van der Waals surface area contributed by atoms with Crippen LogP contribution in [0, 0.1) is 13.8 Å². The number of hydrogen-bond donors (Lipinski definition) is 0. The molecule has 0 saturated heterocycles. The van der Waals surface area contributed by atoms with E-state index in [0.717, 1.165) is 25.7 Å². The second-order valence-corrected chi connectivity index (χ2v) is 25.6. The smallest absolute Gasteiger partial charge is 0.0468 e. The Kier molecular flexibility index (Phi) is 15.1. The van der Waals surface area contributed by atoms with E-state index in [-0.39, 0.29) is 10.8 Å². The van der Waals surface area contributed by atoms with Gasteiger partial charge in [0.2, 0.25) is 0 Å². The van der Waals surface area contributed by atoms with Crippen molar-refractivity contribution in [1.29, 1.82) is 0 Å². The van der Waals surface area contributed by atoms with Gasteiger partial charge in [-0.3, -0.25) is 0 Å². The molecular weight excluding hydrogens is 1050 g/mol. The third-order valence-corrected chi connectivity index (χ3v) is 20.1. The van der Waals surface area contributed by atoms with Gasteiger partial charge in [-0.15, -0.1) is 0 Å². The summed E-state index contributed by atoms with van der Waals surface area (Å²) in [4.78, 5) is 2.63. The first-order valence-corrected chi connectivity index (χ1v) is 32.8. The molecule has 0 amide bonds. The Hall–Kier alpha value is -8.78. The molecule has 14 rings (SSSR count). The van der Waals surface area contributed by atoms with E-state index >= 15 is 0 Å². The number of fused-ring (bicyclic) bond motifs is 9. The molecule has 0 aliphatic heterocycles. The molecule has 0 fully saturated rings. The van der Waals surface area contributed by atoms with Gasteiger partial charge in [0.15, 0.2) is 0 Å². The minimum Gasteiger partial charge on any atom is -0.310 e. The Bertz CT molecular complexity index is 4280. The number of hydrogen-bond acceptors (Lipinski definition) is 1. The number of rotatable bonds is 19. The molecule has 0 spiro atoms. The predicted molar refractivity (Wildman–Crippen MR) is 375 cm³/mol. The fraction of sp³-hybridized carbons (Fsp3) is 0.233. The van der Waals surface area contributed by atoms with Gasteiger partial charge >= 0.3 is 0 Å². The van der Waals surface area contributed by atoms with Crippen molar-refractivity contribution >= 4 is 49.4 Å². The zero-order valence-electron chi connectivity index (χ0n) is 51.9. The fourth-order valence-corrected chi connectivity index (χ4v) is 15.8. The molecule has 0 heterocycles. The third kappa shape index (κ3) is 9.79. The molecule has 0 saturated carbocycles. The van der Waals surface area contributed by atoms with Crippen LogP contribution in [0.5, 0.6) is 0 Å². The quantitative estimate of drug-likeness (QED) is 0.0730. The van der Waals surface area contributed by atoms with Crippen molar-refractivity contribution in [1.82, 2.24) is 0 Å². The SMILES string of the molecule is CCCCC1(CCCC)c2cc(C)ccc2-c2ccc(N(c3ccc4c(c3)C(CCCC)(CCCC)c3cc(C)ccc3-4)c3ccc4cc(-c5c6ccccc6c(-c6cc(-c7ccccc7)cc(-c7ccccc7)c6)c6ccccc56)ccc4c3)cc21. The molecule has 12 aromatic carbocycles. The minimum absolute atomic E-state index is 0.0408. The van der Waals surface area contributed by atoms with Crippen molar-refractivity contribution in [2.24, 2.45) is 0 Å². The molecule has 0 radical (unpaired) electrons. The molecule has 0 bridgehead atoms. The van der Waals surface area contributed by atoms with Crippen LogP contribution in [0.25, 0.3) is 99.1 Å². The van der Waals surface area contributed by atoms with Crippen LogP contribution in [-0.2, 0) is 10.8 Å². The summed E-state index contributed by atoms with van der Waals surface area (Å²) in [5.74, 6) is 0. The van der Waals surface area contributed by atoms with Gasteiger partial charge in [-0.2, -0.15) is 0 Å². The monoisotopic (exact) mass is 1130 g/mol. The number of nitrogens with zero attached hydrogens (tertiary/aromatic N) is 1. The average Bonchev–Trinajstić information content (AvgIpc) is 1.68. The molecule has 12 aromatic rings. The summed E-state index contributed by atoms with van der Waals surface area (Å²) in [6, 6.07) is 91.3. The molecule has 0 atom stereocenters. The van der Waals surface area contributed by atoms with Crippen LogP contribution in [0.15, 0.2) is 237 Å². The Balaban J connectivity index is 0.943. The number of aryl methyl sites for hydroxylation is 2. The Morgan fingerprint density at radius 1 is 0.276 bits per heavy atom. The predicted octanol–water partition coefficient (Wildman–Crippen LogP) is 25.2. The summed E-state index contributed by atoms with van der Waals surface area (Å²) < 4.78 is 0. The van der Waals surface area contributed by atoms with E-state index in [1.165, 1.54) is 201 Å². The lowest BCUT2D eigenvalue weighted by atomic mass is 9.70. The van der Waals surface area contributed by atoms with Gasteiger partial charge in [-0.25, -0.2) is 0 Å². The fourth-order valence-electron chi connectivity index (χ4n) is 15.8. The van der Waals surface area contributed by atoms with Gasteiger partial charge in [0.25, 0.3) is 0 Å². The van der Waals surface area contributed by atoms with E-state index in [1.54, 1.807) is 0 Å². The van der Waals surface area contributed by atoms with Gasteiger partial charge in [0.1, 0.15) is 0 Å². The standard InChI is InChI=1S/C86H81N/c1-7-11-45-85(46-12-8-2)79-49-58(5)33-41-71(79)73-43-39-69(56-81(73)85)87(70-40-44-74-72-42-34-59(6)50-80(72)86(47-13-9-3,48-14-10-4)82(74)57-70)68-38-37-62-51-64(36-35-63(62)55-68)83-75-29-21-23-31-77(75)84(78-32-24-22-30-76(78)83)67-53-65(60-25-17-15-18-26-60)52-66(54-67)61-27-19-16-20-28-61/h15-44,49-57H,7-14,45-48H2,1-6H3. The number of benzene rings is 12. The summed E-state index contributed by atoms with van der Waals surface area (Å²) in [6.07, 6.45) is 14.2. The molecule has 0 aromatic heterocycles. The van der Waals surface area contributed by atoms with Crippen LogP contribution in [0.3, 0.4) is 0 Å². The Labute approximate surface area is 517 Å². The maximum absolute atomic E-state index is 2.64. The average molecular weight is 1130 g/mol. The highest BCUT2D eigenvalue weighted by molar-refractivity contribution is 6.22. The normalized spacial score (nSPS) is 13.4. The van der Waals surface area contributed by atoms with Crippen molar-refractivity contribution in [2.75, 3.05) is 4.90 Å². The lowest BCUT2D eigenvalue weighted by Gasteiger charge is -2.35. The van der Waals surface area contributed by atoms with Gasteiger partial charge < -0.3 is 4.90 Å². The van der Waals surface area contributed by atoms with Gasteiger partial charge in [0, 0.05) is 27.9 Å². The maximum atomic E-state index is 2.64. The zero-order valence-corrected chi connectivity index (χ0v) is 51.9. The highest BCUT2D eigenvalue weighted by Crippen LogP contribution is 2.59. The van der Waals surface area contributed by atoms with Crippen LogP contribution >= 0.6 is 0 Å². The topological polar surface area (TPSA) is 3.24 Å². The molecule has 0 unspecified atom stereocenters. The van der Waals surface area contributed by atoms with Gasteiger partial charge in [-0.05, 0) is 222 Å². The van der Waals surface area contributed by atoms with E-state index in [0.29, 0.717) is 0 Å². The Morgan fingerprint density at radius 2 is 0.621 bits per heavy atom. The molecule has 2 aliphatic carbocycles. The lowest BCUT2D eigenvalue weighted by Crippen LogP contribution is -2.26. The number of anilines is 3. The molecule has 2 aliphatic rings. The maximum Gasteiger partial charge on any atom is 0.0468 e. The van der Waals surface area contributed by atoms with Crippen molar-refractivity contribution in [3.63, 3.8) is 0 Å². The first kappa shape index (κ1) is 56.1. The second-order valence-electron chi connectivity index (χ2n) is 25.6. The van der Waals surface area contributed by atoms with Gasteiger partial charge in [0.05, 0.1) is 0 Å². The van der Waals surface area contributed by atoms with Crippen LogP contribution in [0.4, 0.5) is 17.1 Å². The zero-order chi connectivity index (χ0) is 59.2. The van der Waals surface area contributed by atoms with Crippen LogP contribution in [-0.4, -0.2) is 0 Å². The number of unbranched alkanes of at least 4 members (excludes halogenated alkanes) is 4. The van der Waals surface area contributed by atoms with Crippen molar-refractivity contribution < 1.29 is 0 Å². The molecule has 430 valence electrons. The molecule has 1 nitrogen and oxygen atoms in total. The van der Waals surface area contributed by atoms with E-state index in [9.17, 15) is 0 Å². The van der Waals surface area contributed by atoms with Gasteiger partial charge in [-0.1, -0.05) is 266 Å².